The minimum absolute atomic E-state index is 0.0731. The van der Waals surface area contributed by atoms with Gasteiger partial charge >= 0.3 is 0 Å². The summed E-state index contributed by atoms with van der Waals surface area (Å²) in [6.07, 6.45) is 5.47. The number of carbonyl (C=O) groups excluding carboxylic acids is 1. The number of nitrogens with zero attached hydrogens (tertiary/aromatic N) is 2. The van der Waals surface area contributed by atoms with Crippen LogP contribution in [0.4, 0.5) is 0 Å². The van der Waals surface area contributed by atoms with Crippen LogP contribution in [0, 0.1) is 0 Å². The molecule has 1 aromatic heterocycles. The van der Waals surface area contributed by atoms with Crippen LogP contribution in [0.3, 0.4) is 0 Å². The number of likely N-dealkylation sites (N-methyl/N-ethyl adjacent to an activating group) is 1. The first-order chi connectivity index (χ1) is 14.0. The standard InChI is InChI=1S/C23H25N3O3/c1-25(2)20(18-14-26(3)19-7-5-4-6-17(18)19)13-24-23(27)11-9-16-8-10-21-22(12-16)29-15-28-21/h4-12,14,20H,13,15H2,1-3H3,(H,24,27)/b11-9+/t20-/m1/s1. The second-order valence-electron chi connectivity index (χ2n) is 7.38. The molecule has 1 aliphatic rings. The summed E-state index contributed by atoms with van der Waals surface area (Å²) in [5, 5.41) is 4.23. The lowest BCUT2D eigenvalue weighted by atomic mass is 10.0. The van der Waals surface area contributed by atoms with E-state index in [-0.39, 0.29) is 18.7 Å². The number of ether oxygens (including phenoxy) is 2. The third-order valence-electron chi connectivity index (χ3n) is 5.20. The zero-order valence-electron chi connectivity index (χ0n) is 16.9. The molecule has 0 saturated heterocycles. The average molecular weight is 391 g/mol. The third kappa shape index (κ3) is 3.98. The number of fused-ring (bicyclic) bond motifs is 2. The van der Waals surface area contributed by atoms with Gasteiger partial charge in [0.2, 0.25) is 12.7 Å². The normalized spacial score (nSPS) is 14.1. The van der Waals surface area contributed by atoms with Crippen molar-refractivity contribution in [3.05, 3.63) is 65.9 Å². The Balaban J connectivity index is 1.45. The molecule has 29 heavy (non-hydrogen) atoms. The molecule has 0 spiro atoms. The van der Waals surface area contributed by atoms with Crippen LogP contribution in [0.2, 0.25) is 0 Å². The summed E-state index contributed by atoms with van der Waals surface area (Å²) in [4.78, 5) is 14.5. The number of nitrogens with one attached hydrogen (secondary N) is 1. The fourth-order valence-corrected chi connectivity index (χ4v) is 3.65. The highest BCUT2D eigenvalue weighted by molar-refractivity contribution is 5.92. The molecule has 6 nitrogen and oxygen atoms in total. The fraction of sp³-hybridized carbons (Fsp3) is 0.261. The quantitative estimate of drug-likeness (QED) is 0.655. The van der Waals surface area contributed by atoms with E-state index in [2.05, 4.69) is 33.1 Å². The Morgan fingerprint density at radius 2 is 2.00 bits per heavy atom. The first kappa shape index (κ1) is 19.1. The first-order valence-electron chi connectivity index (χ1n) is 9.59. The molecular formula is C23H25N3O3. The van der Waals surface area contributed by atoms with Crippen LogP contribution in [-0.2, 0) is 11.8 Å². The maximum absolute atomic E-state index is 12.4. The van der Waals surface area contributed by atoms with E-state index < -0.39 is 0 Å². The lowest BCUT2D eigenvalue weighted by molar-refractivity contribution is -0.116. The predicted octanol–water partition coefficient (Wildman–Crippen LogP) is 3.34. The van der Waals surface area contributed by atoms with E-state index in [9.17, 15) is 4.79 Å². The van der Waals surface area contributed by atoms with Gasteiger partial charge in [0.15, 0.2) is 11.5 Å². The van der Waals surface area contributed by atoms with E-state index in [1.165, 1.54) is 16.5 Å². The summed E-state index contributed by atoms with van der Waals surface area (Å²) in [6.45, 7) is 0.758. The molecule has 4 rings (SSSR count). The summed E-state index contributed by atoms with van der Waals surface area (Å²) in [7, 11) is 6.10. The lowest BCUT2D eigenvalue weighted by Crippen LogP contribution is -2.33. The Bertz CT molecular complexity index is 1070. The Labute approximate surface area is 170 Å². The molecule has 0 bridgehead atoms. The van der Waals surface area contributed by atoms with E-state index >= 15 is 0 Å². The highest BCUT2D eigenvalue weighted by Crippen LogP contribution is 2.33. The van der Waals surface area contributed by atoms with Crippen LogP contribution in [0.15, 0.2) is 54.7 Å². The number of hydrogen-bond donors (Lipinski definition) is 1. The topological polar surface area (TPSA) is 55.7 Å². The molecule has 3 aromatic rings. The number of amides is 1. The van der Waals surface area contributed by atoms with Crippen LogP contribution >= 0.6 is 0 Å². The number of aryl methyl sites for hydroxylation is 1. The Morgan fingerprint density at radius 1 is 1.21 bits per heavy atom. The van der Waals surface area contributed by atoms with Gasteiger partial charge in [-0.15, -0.1) is 0 Å². The molecule has 2 heterocycles. The van der Waals surface area contributed by atoms with E-state index in [1.54, 1.807) is 12.2 Å². The summed E-state index contributed by atoms with van der Waals surface area (Å²) in [5.74, 6) is 1.31. The second-order valence-corrected chi connectivity index (χ2v) is 7.38. The van der Waals surface area contributed by atoms with Gasteiger partial charge in [-0.1, -0.05) is 24.3 Å². The molecule has 1 amide bonds. The van der Waals surface area contributed by atoms with Gasteiger partial charge in [-0.2, -0.15) is 0 Å². The first-order valence-corrected chi connectivity index (χ1v) is 9.59. The van der Waals surface area contributed by atoms with Crippen molar-refractivity contribution in [3.63, 3.8) is 0 Å². The fourth-order valence-electron chi connectivity index (χ4n) is 3.65. The molecule has 1 atom stereocenters. The molecule has 0 aliphatic carbocycles. The second kappa shape index (κ2) is 8.01. The molecule has 0 fully saturated rings. The van der Waals surface area contributed by atoms with Gasteiger partial charge in [-0.05, 0) is 49.5 Å². The van der Waals surface area contributed by atoms with Gasteiger partial charge in [0.05, 0.1) is 6.04 Å². The Hall–Kier alpha value is -3.25. The van der Waals surface area contributed by atoms with Crippen LogP contribution in [0.25, 0.3) is 17.0 Å². The molecule has 6 heteroatoms. The SMILES string of the molecule is CN(C)[C@H](CNC(=O)/C=C/c1ccc2c(c1)OCO2)c1cn(C)c2ccccc12. The molecular weight excluding hydrogens is 366 g/mol. The van der Waals surface area contributed by atoms with Gasteiger partial charge in [-0.3, -0.25) is 4.79 Å². The van der Waals surface area contributed by atoms with E-state index in [0.717, 1.165) is 11.3 Å². The van der Waals surface area contributed by atoms with Crippen LogP contribution < -0.4 is 14.8 Å². The summed E-state index contributed by atoms with van der Waals surface area (Å²) < 4.78 is 12.8. The minimum atomic E-state index is -0.130. The van der Waals surface area contributed by atoms with E-state index in [1.807, 2.05) is 51.5 Å². The Kier molecular flexibility index (Phi) is 5.27. The van der Waals surface area contributed by atoms with Crippen molar-refractivity contribution < 1.29 is 14.3 Å². The number of hydrogen-bond acceptors (Lipinski definition) is 4. The molecule has 150 valence electrons. The summed E-state index contributed by atoms with van der Waals surface area (Å²) in [5.41, 5.74) is 3.28. The summed E-state index contributed by atoms with van der Waals surface area (Å²) in [6, 6.07) is 14.0. The van der Waals surface area contributed by atoms with Gasteiger partial charge in [0.1, 0.15) is 0 Å². The smallest absolute Gasteiger partial charge is 0.244 e. The minimum Gasteiger partial charge on any atom is -0.454 e. The zero-order chi connectivity index (χ0) is 20.4. The van der Waals surface area contributed by atoms with Crippen molar-refractivity contribution in [2.75, 3.05) is 27.4 Å². The molecule has 0 unspecified atom stereocenters. The van der Waals surface area contributed by atoms with Crippen molar-refractivity contribution in [2.24, 2.45) is 7.05 Å². The van der Waals surface area contributed by atoms with Gasteiger partial charge < -0.3 is 24.3 Å². The van der Waals surface area contributed by atoms with Crippen LogP contribution in [0.1, 0.15) is 17.2 Å². The van der Waals surface area contributed by atoms with Gasteiger partial charge in [0.25, 0.3) is 0 Å². The largest absolute Gasteiger partial charge is 0.454 e. The van der Waals surface area contributed by atoms with Crippen molar-refractivity contribution in [3.8, 4) is 11.5 Å². The van der Waals surface area contributed by atoms with E-state index in [0.29, 0.717) is 12.3 Å². The predicted molar refractivity (Wildman–Crippen MR) is 114 cm³/mol. The number of benzene rings is 2. The lowest BCUT2D eigenvalue weighted by Gasteiger charge is -2.24. The van der Waals surface area contributed by atoms with Gasteiger partial charge in [-0.25, -0.2) is 0 Å². The zero-order valence-corrected chi connectivity index (χ0v) is 16.9. The van der Waals surface area contributed by atoms with Crippen molar-refractivity contribution in [1.82, 2.24) is 14.8 Å². The highest BCUT2D eigenvalue weighted by atomic mass is 16.7. The Morgan fingerprint density at radius 3 is 2.83 bits per heavy atom. The molecule has 1 aliphatic heterocycles. The molecule has 2 aromatic carbocycles. The monoisotopic (exact) mass is 391 g/mol. The number of carbonyl (C=O) groups is 1. The highest BCUT2D eigenvalue weighted by Gasteiger charge is 2.19. The van der Waals surface area contributed by atoms with Crippen LogP contribution in [-0.4, -0.2) is 42.8 Å². The van der Waals surface area contributed by atoms with Crippen molar-refractivity contribution in [1.29, 1.82) is 0 Å². The molecule has 0 saturated carbocycles. The van der Waals surface area contributed by atoms with Crippen molar-refractivity contribution in [2.45, 2.75) is 6.04 Å². The molecule has 1 N–H and O–H groups in total. The van der Waals surface area contributed by atoms with Crippen molar-refractivity contribution >= 4 is 22.9 Å². The average Bonchev–Trinajstić information content (AvgIpc) is 3.31. The van der Waals surface area contributed by atoms with Crippen LogP contribution in [0.5, 0.6) is 11.5 Å². The molecule has 0 radical (unpaired) electrons. The van der Waals surface area contributed by atoms with E-state index in [4.69, 9.17) is 9.47 Å². The number of aromatic nitrogens is 1. The summed E-state index contributed by atoms with van der Waals surface area (Å²) >= 11 is 0. The maximum Gasteiger partial charge on any atom is 0.244 e. The number of rotatable bonds is 6. The van der Waals surface area contributed by atoms with Gasteiger partial charge in [0, 0.05) is 36.8 Å². The number of para-hydroxylation sites is 1. The third-order valence-corrected chi connectivity index (χ3v) is 5.20. The maximum atomic E-state index is 12.4.